The highest BCUT2D eigenvalue weighted by Gasteiger charge is 2.26. The molecule has 2 unspecified atom stereocenters. The Morgan fingerprint density at radius 3 is 2.32 bits per heavy atom. The molecule has 1 heterocycles. The number of aromatic amines is 1. The van der Waals surface area contributed by atoms with Gasteiger partial charge in [0.2, 0.25) is 0 Å². The lowest BCUT2D eigenvalue weighted by atomic mass is 10.5. The summed E-state index contributed by atoms with van der Waals surface area (Å²) >= 11 is 0. The first-order valence-electron chi connectivity index (χ1n) is 6.16. The molecule has 0 aliphatic heterocycles. The van der Waals surface area contributed by atoms with Gasteiger partial charge in [-0.15, -0.1) is 0 Å². The fraction of sp³-hybridized carbons (Fsp3) is 0.400. The van der Waals surface area contributed by atoms with Gasteiger partial charge in [-0.2, -0.15) is 0 Å². The van der Waals surface area contributed by atoms with E-state index in [1.807, 2.05) is 0 Å². The zero-order chi connectivity index (χ0) is 16.8. The van der Waals surface area contributed by atoms with E-state index in [4.69, 9.17) is 8.62 Å². The second-order valence-corrected chi connectivity index (χ2v) is 9.21. The van der Waals surface area contributed by atoms with Crippen LogP contribution in [0, 0.1) is 0 Å². The molecule has 0 aliphatic carbocycles. The minimum atomic E-state index is -3.74. The van der Waals surface area contributed by atoms with Crippen LogP contribution in [0.1, 0.15) is 0 Å². The lowest BCUT2D eigenvalue weighted by Crippen LogP contribution is -2.28. The third-order valence-electron chi connectivity index (χ3n) is 2.23. The maximum Gasteiger partial charge on any atom is 0.345 e. The van der Waals surface area contributed by atoms with Crippen molar-refractivity contribution in [2.75, 3.05) is 19.5 Å². The average molecular weight is 370 g/mol. The van der Waals surface area contributed by atoms with Gasteiger partial charge in [0, 0.05) is 32.1 Å². The Kier molecular flexibility index (Phi) is 7.46. The minimum Gasteiger partial charge on any atom is -0.297 e. The number of rotatable bonds is 8. The number of aromatic nitrogens is 2. The van der Waals surface area contributed by atoms with Crippen LogP contribution in [0.15, 0.2) is 34.0 Å². The van der Waals surface area contributed by atoms with Gasteiger partial charge in [0.25, 0.3) is 5.56 Å². The van der Waals surface area contributed by atoms with E-state index in [1.165, 1.54) is 42.3 Å². The predicted molar refractivity (Wildman–Crippen MR) is 85.0 cm³/mol. The standard InChI is InChI=1S/C10H17N2O7P3/c1-20(15)18-22(17,19-21(2)16)8-4-3-6-12-7-5-9(13)11-10(12)14/h3-5,7,20-21H,6,8H2,1-2H3,(H,11,13,14)/b4-3+. The zero-order valence-electron chi connectivity index (χ0n) is 12.0. The molecule has 124 valence electrons. The van der Waals surface area contributed by atoms with Gasteiger partial charge in [-0.25, -0.2) is 4.79 Å². The molecule has 0 aliphatic rings. The van der Waals surface area contributed by atoms with Crippen molar-refractivity contribution in [3.63, 3.8) is 0 Å². The van der Waals surface area contributed by atoms with E-state index in [1.54, 1.807) is 0 Å². The topological polar surface area (TPSA) is 125 Å². The fourth-order valence-corrected chi connectivity index (χ4v) is 6.09. The van der Waals surface area contributed by atoms with E-state index < -0.39 is 34.9 Å². The summed E-state index contributed by atoms with van der Waals surface area (Å²) < 4.78 is 45.1. The Morgan fingerprint density at radius 2 is 1.82 bits per heavy atom. The molecule has 0 aromatic carbocycles. The van der Waals surface area contributed by atoms with Crippen LogP contribution < -0.4 is 11.2 Å². The zero-order valence-corrected chi connectivity index (χ0v) is 14.9. The SMILES string of the molecule is C[PH](=O)OP(=O)(C/C=C/Cn1ccc(=O)[nH]c1=O)O[PH](C)=O. The highest BCUT2D eigenvalue weighted by Crippen LogP contribution is 2.59. The van der Waals surface area contributed by atoms with E-state index in [0.717, 1.165) is 0 Å². The molecular weight excluding hydrogens is 353 g/mol. The summed E-state index contributed by atoms with van der Waals surface area (Å²) in [6, 6.07) is 1.19. The summed E-state index contributed by atoms with van der Waals surface area (Å²) in [5.74, 6) is 0. The molecule has 9 nitrogen and oxygen atoms in total. The summed E-state index contributed by atoms with van der Waals surface area (Å²) in [4.78, 5) is 24.4. The molecule has 1 aromatic rings. The normalized spacial score (nSPS) is 17.2. The number of nitrogens with one attached hydrogen (secondary N) is 1. The molecule has 0 fully saturated rings. The first kappa shape index (κ1) is 19.1. The molecule has 12 heteroatoms. The third kappa shape index (κ3) is 6.86. The molecule has 0 spiro atoms. The van der Waals surface area contributed by atoms with Gasteiger partial charge in [-0.1, -0.05) is 12.2 Å². The van der Waals surface area contributed by atoms with Crippen LogP contribution in [0.3, 0.4) is 0 Å². The van der Waals surface area contributed by atoms with Crippen LogP contribution >= 0.6 is 23.7 Å². The molecule has 0 bridgehead atoms. The quantitative estimate of drug-likeness (QED) is 0.543. The first-order chi connectivity index (χ1) is 10.2. The van der Waals surface area contributed by atoms with Gasteiger partial charge in [0.15, 0.2) is 16.1 Å². The Balaban J connectivity index is 2.74. The lowest BCUT2D eigenvalue weighted by molar-refractivity contribution is 0.397. The van der Waals surface area contributed by atoms with Crippen molar-refractivity contribution in [1.82, 2.24) is 9.55 Å². The van der Waals surface area contributed by atoms with E-state index in [9.17, 15) is 23.3 Å². The summed E-state index contributed by atoms with van der Waals surface area (Å²) in [5, 5.41) is 0. The second kappa shape index (κ2) is 8.61. The highest BCUT2D eigenvalue weighted by molar-refractivity contribution is 7.66. The Hall–Kier alpha value is -0.970. The van der Waals surface area contributed by atoms with Crippen molar-refractivity contribution in [1.29, 1.82) is 0 Å². The molecule has 22 heavy (non-hydrogen) atoms. The molecule has 1 rings (SSSR count). The minimum absolute atomic E-state index is 0.123. The molecule has 2 atom stereocenters. The molecule has 0 radical (unpaired) electrons. The number of hydrogen-bond acceptors (Lipinski definition) is 7. The molecule has 1 aromatic heterocycles. The summed E-state index contributed by atoms with van der Waals surface area (Å²) in [5.41, 5.74) is -1.08. The third-order valence-corrected chi connectivity index (χ3v) is 7.17. The van der Waals surface area contributed by atoms with Gasteiger partial charge in [-0.3, -0.25) is 36.7 Å². The van der Waals surface area contributed by atoms with Gasteiger partial charge in [0.05, 0.1) is 6.16 Å². The van der Waals surface area contributed by atoms with E-state index in [0.29, 0.717) is 0 Å². The first-order valence-corrected chi connectivity index (χ1v) is 11.5. The van der Waals surface area contributed by atoms with Crippen molar-refractivity contribution in [2.45, 2.75) is 6.54 Å². The molecule has 0 saturated heterocycles. The largest absolute Gasteiger partial charge is 0.345 e. The monoisotopic (exact) mass is 370 g/mol. The van der Waals surface area contributed by atoms with Gasteiger partial charge >= 0.3 is 13.3 Å². The van der Waals surface area contributed by atoms with Crippen LogP contribution in [0.25, 0.3) is 0 Å². The molecule has 0 amide bonds. The number of allylic oxidation sites excluding steroid dienone is 2. The predicted octanol–water partition coefficient (Wildman–Crippen LogP) is 1.53. The van der Waals surface area contributed by atoms with E-state index in [2.05, 4.69) is 4.98 Å². The van der Waals surface area contributed by atoms with E-state index in [-0.39, 0.29) is 12.7 Å². The Morgan fingerprint density at radius 1 is 1.23 bits per heavy atom. The van der Waals surface area contributed by atoms with Crippen LogP contribution in [0.2, 0.25) is 0 Å². The van der Waals surface area contributed by atoms with Gasteiger partial charge in [0.1, 0.15) is 0 Å². The summed E-state index contributed by atoms with van der Waals surface area (Å²) in [7, 11) is -8.79. The van der Waals surface area contributed by atoms with Gasteiger partial charge < -0.3 is 0 Å². The van der Waals surface area contributed by atoms with E-state index >= 15 is 0 Å². The average Bonchev–Trinajstić information content (AvgIpc) is 2.34. The van der Waals surface area contributed by atoms with Crippen molar-refractivity contribution in [3.05, 3.63) is 45.3 Å². The number of hydrogen-bond donors (Lipinski definition) is 1. The van der Waals surface area contributed by atoms with Crippen LogP contribution in [0.5, 0.6) is 0 Å². The Bertz CT molecular complexity index is 731. The van der Waals surface area contributed by atoms with Crippen LogP contribution in [-0.4, -0.2) is 29.0 Å². The lowest BCUT2D eigenvalue weighted by Gasteiger charge is -2.13. The van der Waals surface area contributed by atoms with Crippen LogP contribution in [-0.2, 0) is 28.9 Å². The highest BCUT2D eigenvalue weighted by atomic mass is 31.3. The van der Waals surface area contributed by atoms with Crippen molar-refractivity contribution >= 4 is 23.7 Å². The molecule has 0 saturated carbocycles. The maximum absolute atomic E-state index is 12.2. The van der Waals surface area contributed by atoms with Crippen molar-refractivity contribution < 1.29 is 22.3 Å². The summed E-state index contributed by atoms with van der Waals surface area (Å²) in [6.07, 6.45) is 4.00. The number of H-pyrrole nitrogens is 1. The molecular formula is C10H17N2O7P3. The summed E-state index contributed by atoms with van der Waals surface area (Å²) in [6.45, 7) is 2.62. The van der Waals surface area contributed by atoms with Crippen molar-refractivity contribution in [3.8, 4) is 0 Å². The molecule has 1 N–H and O–H groups in total. The van der Waals surface area contributed by atoms with Crippen LogP contribution in [0.4, 0.5) is 0 Å². The van der Waals surface area contributed by atoms with Crippen molar-refractivity contribution in [2.24, 2.45) is 0 Å². The maximum atomic E-state index is 12.2. The smallest absolute Gasteiger partial charge is 0.297 e. The van der Waals surface area contributed by atoms with Gasteiger partial charge in [-0.05, 0) is 0 Å². The second-order valence-electron chi connectivity index (χ2n) is 4.19. The Labute approximate surface area is 127 Å². The number of nitrogens with zero attached hydrogens (tertiary/aromatic N) is 1. The fourth-order valence-electron chi connectivity index (χ4n) is 1.46.